The van der Waals surface area contributed by atoms with Crippen LogP contribution in [0.3, 0.4) is 0 Å². The molecule has 0 amide bonds. The van der Waals surface area contributed by atoms with Gasteiger partial charge in [-0.05, 0) is 25.0 Å². The summed E-state index contributed by atoms with van der Waals surface area (Å²) in [4.78, 5) is 2.09. The minimum absolute atomic E-state index is 0.280. The molecule has 5 nitrogen and oxygen atoms in total. The van der Waals surface area contributed by atoms with Crippen molar-refractivity contribution in [2.24, 2.45) is 16.3 Å². The summed E-state index contributed by atoms with van der Waals surface area (Å²) in [5, 5.41) is 15.3. The van der Waals surface area contributed by atoms with E-state index in [1.807, 2.05) is 40.1 Å². The Morgan fingerprint density at radius 1 is 1.35 bits per heavy atom. The Morgan fingerprint density at radius 3 is 2.60 bits per heavy atom. The summed E-state index contributed by atoms with van der Waals surface area (Å²) < 4.78 is 0. The van der Waals surface area contributed by atoms with Crippen molar-refractivity contribution in [1.29, 1.82) is 0 Å². The second-order valence-electron chi connectivity index (χ2n) is 5.81. The van der Waals surface area contributed by atoms with Crippen LogP contribution in [-0.4, -0.2) is 31.7 Å². The molecule has 20 heavy (non-hydrogen) atoms. The first-order chi connectivity index (χ1) is 9.38. The van der Waals surface area contributed by atoms with Gasteiger partial charge in [-0.1, -0.05) is 31.1 Å². The molecule has 1 rings (SSSR count). The standard InChI is InChI=1S/C15H26N4O/c1-15(2,14(16)18-20)10-7-11-17-12-8-5-6-9-13(12)19(3)4/h5-6,8-9,17,20H,7,10-11H2,1-4H3,(H2,16,18). The van der Waals surface area contributed by atoms with Crippen molar-refractivity contribution in [3.05, 3.63) is 24.3 Å². The number of nitrogens with one attached hydrogen (secondary N) is 1. The molecule has 0 aliphatic rings. The minimum Gasteiger partial charge on any atom is -0.409 e. The van der Waals surface area contributed by atoms with Crippen molar-refractivity contribution in [1.82, 2.24) is 0 Å². The second-order valence-corrected chi connectivity index (χ2v) is 5.81. The second kappa shape index (κ2) is 7.03. The van der Waals surface area contributed by atoms with Crippen molar-refractivity contribution in [2.45, 2.75) is 26.7 Å². The van der Waals surface area contributed by atoms with Crippen molar-refractivity contribution >= 4 is 17.2 Å². The summed E-state index contributed by atoms with van der Waals surface area (Å²) in [5.41, 5.74) is 7.69. The number of amidine groups is 1. The Morgan fingerprint density at radius 2 is 2.00 bits per heavy atom. The molecule has 0 aromatic heterocycles. The Bertz CT molecular complexity index is 455. The van der Waals surface area contributed by atoms with Gasteiger partial charge in [0, 0.05) is 26.1 Å². The number of anilines is 2. The van der Waals surface area contributed by atoms with E-state index >= 15 is 0 Å². The maximum atomic E-state index is 8.74. The zero-order chi connectivity index (χ0) is 15.2. The van der Waals surface area contributed by atoms with Gasteiger partial charge in [-0.15, -0.1) is 0 Å². The average Bonchev–Trinajstić information content (AvgIpc) is 2.42. The van der Waals surface area contributed by atoms with Gasteiger partial charge in [0.1, 0.15) is 5.84 Å². The van der Waals surface area contributed by atoms with Crippen LogP contribution in [0.4, 0.5) is 11.4 Å². The molecule has 1 aromatic rings. The molecule has 0 atom stereocenters. The van der Waals surface area contributed by atoms with Crippen LogP contribution < -0.4 is 16.0 Å². The zero-order valence-electron chi connectivity index (χ0n) is 12.8. The maximum absolute atomic E-state index is 8.74. The number of oxime groups is 1. The Balaban J connectivity index is 2.50. The van der Waals surface area contributed by atoms with Gasteiger partial charge in [0.2, 0.25) is 0 Å². The number of para-hydroxylation sites is 2. The van der Waals surface area contributed by atoms with Gasteiger partial charge in [0.25, 0.3) is 0 Å². The SMILES string of the molecule is CN(C)c1ccccc1NCCCC(C)(C)/C(N)=N/O. The highest BCUT2D eigenvalue weighted by atomic mass is 16.4. The average molecular weight is 278 g/mol. The minimum atomic E-state index is -0.280. The first-order valence-electron chi connectivity index (χ1n) is 6.86. The molecule has 1 aromatic carbocycles. The third-order valence-electron chi connectivity index (χ3n) is 3.48. The quantitative estimate of drug-likeness (QED) is 0.236. The van der Waals surface area contributed by atoms with E-state index in [0.717, 1.165) is 25.1 Å². The van der Waals surface area contributed by atoms with E-state index in [-0.39, 0.29) is 11.3 Å². The lowest BCUT2D eigenvalue weighted by molar-refractivity contribution is 0.305. The van der Waals surface area contributed by atoms with E-state index in [1.54, 1.807) is 0 Å². The van der Waals surface area contributed by atoms with E-state index in [9.17, 15) is 0 Å². The van der Waals surface area contributed by atoms with Crippen LogP contribution in [0.1, 0.15) is 26.7 Å². The Kier molecular flexibility index (Phi) is 5.67. The van der Waals surface area contributed by atoms with Gasteiger partial charge in [-0.25, -0.2) is 0 Å². The van der Waals surface area contributed by atoms with E-state index < -0.39 is 0 Å². The fraction of sp³-hybridized carbons (Fsp3) is 0.533. The van der Waals surface area contributed by atoms with Gasteiger partial charge >= 0.3 is 0 Å². The van der Waals surface area contributed by atoms with E-state index in [1.165, 1.54) is 5.69 Å². The molecule has 0 spiro atoms. The third kappa shape index (κ3) is 4.33. The lowest BCUT2D eigenvalue weighted by atomic mass is 9.86. The predicted octanol–water partition coefficient (Wildman–Crippen LogP) is 2.72. The van der Waals surface area contributed by atoms with Crippen molar-refractivity contribution in [3.63, 3.8) is 0 Å². The molecule has 0 aliphatic heterocycles. The number of nitrogens with zero attached hydrogens (tertiary/aromatic N) is 2. The molecule has 0 aliphatic carbocycles. The van der Waals surface area contributed by atoms with Crippen LogP contribution in [-0.2, 0) is 0 Å². The van der Waals surface area contributed by atoms with Crippen LogP contribution >= 0.6 is 0 Å². The number of hydrogen-bond acceptors (Lipinski definition) is 4. The largest absolute Gasteiger partial charge is 0.409 e. The van der Waals surface area contributed by atoms with Gasteiger partial charge in [-0.3, -0.25) is 0 Å². The molecule has 0 radical (unpaired) electrons. The van der Waals surface area contributed by atoms with Crippen LogP contribution in [0.15, 0.2) is 29.4 Å². The fourth-order valence-electron chi connectivity index (χ4n) is 2.03. The topological polar surface area (TPSA) is 73.9 Å². The number of benzene rings is 1. The summed E-state index contributed by atoms with van der Waals surface area (Å²) in [5.74, 6) is 0.284. The van der Waals surface area contributed by atoms with Crippen LogP contribution in [0, 0.1) is 5.41 Å². The molecule has 0 unspecified atom stereocenters. The molecule has 112 valence electrons. The molecule has 5 heteroatoms. The predicted molar refractivity (Wildman–Crippen MR) is 85.7 cm³/mol. The fourth-order valence-corrected chi connectivity index (χ4v) is 2.03. The lowest BCUT2D eigenvalue weighted by Gasteiger charge is -2.23. The molecule has 0 saturated carbocycles. The first-order valence-corrected chi connectivity index (χ1v) is 6.86. The Labute approximate surface area is 121 Å². The van der Waals surface area contributed by atoms with Crippen molar-refractivity contribution in [2.75, 3.05) is 30.9 Å². The zero-order valence-corrected chi connectivity index (χ0v) is 12.8. The smallest absolute Gasteiger partial charge is 0.144 e. The number of rotatable bonds is 7. The van der Waals surface area contributed by atoms with Crippen LogP contribution in [0.5, 0.6) is 0 Å². The maximum Gasteiger partial charge on any atom is 0.144 e. The van der Waals surface area contributed by atoms with Crippen LogP contribution in [0.25, 0.3) is 0 Å². The van der Waals surface area contributed by atoms with E-state index in [2.05, 4.69) is 27.5 Å². The van der Waals surface area contributed by atoms with Crippen molar-refractivity contribution < 1.29 is 5.21 Å². The first kappa shape index (κ1) is 16.1. The summed E-state index contributed by atoms with van der Waals surface area (Å²) in [7, 11) is 4.06. The van der Waals surface area contributed by atoms with Gasteiger partial charge < -0.3 is 21.2 Å². The van der Waals surface area contributed by atoms with E-state index in [0.29, 0.717) is 0 Å². The molecule has 0 fully saturated rings. The van der Waals surface area contributed by atoms with E-state index in [4.69, 9.17) is 10.9 Å². The normalized spacial score (nSPS) is 12.3. The summed E-state index contributed by atoms with van der Waals surface area (Å²) in [6.07, 6.45) is 1.81. The highest BCUT2D eigenvalue weighted by molar-refractivity contribution is 5.85. The Hall–Kier alpha value is -1.91. The van der Waals surface area contributed by atoms with Crippen molar-refractivity contribution in [3.8, 4) is 0 Å². The summed E-state index contributed by atoms with van der Waals surface area (Å²) in [6, 6.07) is 8.21. The highest BCUT2D eigenvalue weighted by Gasteiger charge is 2.22. The van der Waals surface area contributed by atoms with Gasteiger partial charge in [0.15, 0.2) is 0 Å². The summed E-state index contributed by atoms with van der Waals surface area (Å²) in [6.45, 7) is 4.82. The van der Waals surface area contributed by atoms with Gasteiger partial charge in [0.05, 0.1) is 11.4 Å². The number of hydrogen-bond donors (Lipinski definition) is 3. The molecular weight excluding hydrogens is 252 g/mol. The monoisotopic (exact) mass is 278 g/mol. The molecular formula is C15H26N4O. The number of nitrogens with two attached hydrogens (primary N) is 1. The van der Waals surface area contributed by atoms with Gasteiger partial charge in [-0.2, -0.15) is 0 Å². The third-order valence-corrected chi connectivity index (χ3v) is 3.48. The van der Waals surface area contributed by atoms with Crippen LogP contribution in [0.2, 0.25) is 0 Å². The molecule has 4 N–H and O–H groups in total. The molecule has 0 bridgehead atoms. The molecule has 0 heterocycles. The highest BCUT2D eigenvalue weighted by Crippen LogP contribution is 2.25. The molecule has 0 saturated heterocycles. The lowest BCUT2D eigenvalue weighted by Crippen LogP contribution is -2.32. The summed E-state index contributed by atoms with van der Waals surface area (Å²) >= 11 is 0.